The fourth-order valence-corrected chi connectivity index (χ4v) is 4.61. The van der Waals surface area contributed by atoms with E-state index in [4.69, 9.17) is 0 Å². The predicted molar refractivity (Wildman–Crippen MR) is 124 cm³/mol. The van der Waals surface area contributed by atoms with Crippen molar-refractivity contribution in [1.82, 2.24) is 4.90 Å². The zero-order valence-electron chi connectivity index (χ0n) is 19.3. The number of carbonyl (C=O) groups is 1. The highest BCUT2D eigenvalue weighted by atomic mass is 16.1. The van der Waals surface area contributed by atoms with Gasteiger partial charge in [0.15, 0.2) is 0 Å². The van der Waals surface area contributed by atoms with Crippen LogP contribution in [0.5, 0.6) is 0 Å². The van der Waals surface area contributed by atoms with Crippen molar-refractivity contribution >= 4 is 6.29 Å². The van der Waals surface area contributed by atoms with Crippen molar-refractivity contribution < 1.29 is 4.79 Å². The number of aldehydes is 1. The molecule has 1 saturated heterocycles. The molecule has 3 unspecified atom stereocenters. The van der Waals surface area contributed by atoms with Gasteiger partial charge in [-0.3, -0.25) is 0 Å². The van der Waals surface area contributed by atoms with E-state index in [2.05, 4.69) is 37.8 Å². The van der Waals surface area contributed by atoms with Gasteiger partial charge in [0.05, 0.1) is 0 Å². The Kier molecular flexibility index (Phi) is 15.6. The van der Waals surface area contributed by atoms with Crippen LogP contribution in [-0.4, -0.2) is 30.3 Å². The number of hydrogen-bond donors (Lipinski definition) is 0. The molecule has 1 aliphatic rings. The number of likely N-dealkylation sites (tertiary alicyclic amines) is 1. The van der Waals surface area contributed by atoms with E-state index in [0.29, 0.717) is 6.04 Å². The molecule has 1 heterocycles. The summed E-state index contributed by atoms with van der Waals surface area (Å²) in [5.74, 6) is 0.954. The van der Waals surface area contributed by atoms with Gasteiger partial charge in [0.2, 0.25) is 0 Å². The van der Waals surface area contributed by atoms with Gasteiger partial charge in [0.1, 0.15) is 6.29 Å². The Morgan fingerprint density at radius 3 is 2.11 bits per heavy atom. The van der Waals surface area contributed by atoms with Crippen LogP contribution in [0.3, 0.4) is 0 Å². The summed E-state index contributed by atoms with van der Waals surface area (Å²) in [4.78, 5) is 13.9. The minimum absolute atomic E-state index is 0.195. The molecule has 1 aliphatic heterocycles. The van der Waals surface area contributed by atoms with E-state index in [1.807, 2.05) is 0 Å². The number of allylic oxidation sites excluding steroid dienone is 2. The molecule has 3 atom stereocenters. The predicted octanol–water partition coefficient (Wildman–Crippen LogP) is 7.57. The molecular weight excluding hydrogens is 342 g/mol. The van der Waals surface area contributed by atoms with Gasteiger partial charge in [-0.2, -0.15) is 0 Å². The van der Waals surface area contributed by atoms with Gasteiger partial charge >= 0.3 is 0 Å². The molecule has 0 aromatic carbocycles. The molecule has 0 saturated carbocycles. The molecule has 0 bridgehead atoms. The molecule has 0 aromatic rings. The highest BCUT2D eigenvalue weighted by Gasteiger charge is 2.23. The summed E-state index contributed by atoms with van der Waals surface area (Å²) >= 11 is 0. The molecule has 0 aromatic heterocycles. The van der Waals surface area contributed by atoms with Gasteiger partial charge in [-0.05, 0) is 70.4 Å². The Bertz CT molecular complexity index is 384. The van der Waals surface area contributed by atoms with E-state index in [9.17, 15) is 4.79 Å². The molecule has 2 nitrogen and oxygen atoms in total. The van der Waals surface area contributed by atoms with Crippen molar-refractivity contribution in [3.63, 3.8) is 0 Å². The number of nitrogens with zero attached hydrogens (tertiary/aromatic N) is 1. The molecule has 1 fully saturated rings. The molecule has 164 valence electrons. The van der Waals surface area contributed by atoms with Crippen molar-refractivity contribution in [2.24, 2.45) is 11.8 Å². The second kappa shape index (κ2) is 17.2. The van der Waals surface area contributed by atoms with Crippen LogP contribution in [0.1, 0.15) is 117 Å². The molecule has 0 radical (unpaired) electrons. The maximum Gasteiger partial charge on any atom is 0.122 e. The van der Waals surface area contributed by atoms with Gasteiger partial charge in [-0.25, -0.2) is 0 Å². The highest BCUT2D eigenvalue weighted by Crippen LogP contribution is 2.24. The first-order valence-corrected chi connectivity index (χ1v) is 12.5. The second-order valence-corrected chi connectivity index (χ2v) is 9.40. The smallest absolute Gasteiger partial charge is 0.122 e. The number of rotatable bonds is 16. The van der Waals surface area contributed by atoms with E-state index >= 15 is 0 Å². The van der Waals surface area contributed by atoms with Crippen LogP contribution in [0, 0.1) is 11.8 Å². The van der Waals surface area contributed by atoms with Crippen LogP contribution < -0.4 is 0 Å². The first-order chi connectivity index (χ1) is 13.7. The zero-order valence-corrected chi connectivity index (χ0v) is 19.3. The summed E-state index contributed by atoms with van der Waals surface area (Å²) in [6.07, 6.45) is 25.7. The number of unbranched alkanes of at least 4 members (excludes halogenated alkanes) is 6. The van der Waals surface area contributed by atoms with Gasteiger partial charge < -0.3 is 9.69 Å². The summed E-state index contributed by atoms with van der Waals surface area (Å²) in [5.41, 5.74) is 0. The van der Waals surface area contributed by atoms with Gasteiger partial charge in [0, 0.05) is 12.0 Å². The van der Waals surface area contributed by atoms with Crippen molar-refractivity contribution in [3.8, 4) is 0 Å². The monoisotopic (exact) mass is 391 g/mol. The Morgan fingerprint density at radius 2 is 1.46 bits per heavy atom. The molecule has 0 N–H and O–H groups in total. The zero-order chi connectivity index (χ0) is 20.5. The Morgan fingerprint density at radius 1 is 0.821 bits per heavy atom. The SMILES string of the molecule is CCCCCCCC=CCCCC(C)CC(CC(C)C=O)N1CCCCCC1. The molecule has 0 spiro atoms. The molecule has 1 rings (SSSR count). The molecular formula is C26H49NO. The van der Waals surface area contributed by atoms with Crippen LogP contribution in [0.4, 0.5) is 0 Å². The molecule has 0 amide bonds. The van der Waals surface area contributed by atoms with E-state index in [1.54, 1.807) is 0 Å². The van der Waals surface area contributed by atoms with Crippen LogP contribution in [0.15, 0.2) is 12.2 Å². The first kappa shape index (κ1) is 25.4. The normalized spacial score (nSPS) is 19.4. The minimum atomic E-state index is 0.195. The lowest BCUT2D eigenvalue weighted by Gasteiger charge is -2.33. The summed E-state index contributed by atoms with van der Waals surface area (Å²) in [6.45, 7) is 9.28. The Labute approximate surface area is 176 Å². The standard InChI is InChI=1S/C26H49NO/c1-4-5-6-7-8-9-10-11-12-15-18-24(2)21-26(22-25(3)23-28)27-19-16-13-14-17-20-27/h10-11,23-26H,4-9,12-22H2,1-3H3. The van der Waals surface area contributed by atoms with E-state index < -0.39 is 0 Å². The van der Waals surface area contributed by atoms with Gasteiger partial charge in [-0.1, -0.05) is 77.9 Å². The Hall–Kier alpha value is -0.630. The minimum Gasteiger partial charge on any atom is -0.303 e. The van der Waals surface area contributed by atoms with Crippen molar-refractivity contribution in [2.75, 3.05) is 13.1 Å². The highest BCUT2D eigenvalue weighted by molar-refractivity contribution is 5.52. The molecule has 0 aliphatic carbocycles. The van der Waals surface area contributed by atoms with E-state index in [-0.39, 0.29) is 5.92 Å². The summed E-state index contributed by atoms with van der Waals surface area (Å²) in [6, 6.07) is 0.604. The van der Waals surface area contributed by atoms with Crippen LogP contribution >= 0.6 is 0 Å². The maximum atomic E-state index is 11.2. The number of hydrogen-bond acceptors (Lipinski definition) is 2. The first-order valence-electron chi connectivity index (χ1n) is 12.5. The summed E-state index contributed by atoms with van der Waals surface area (Å²) < 4.78 is 0. The van der Waals surface area contributed by atoms with Crippen LogP contribution in [0.2, 0.25) is 0 Å². The average Bonchev–Trinajstić information content (AvgIpc) is 2.98. The molecule has 28 heavy (non-hydrogen) atoms. The Balaban J connectivity index is 2.25. The quantitative estimate of drug-likeness (QED) is 0.154. The van der Waals surface area contributed by atoms with Gasteiger partial charge in [0.25, 0.3) is 0 Å². The lowest BCUT2D eigenvalue weighted by atomic mass is 9.90. The lowest BCUT2D eigenvalue weighted by Crippen LogP contribution is -2.38. The topological polar surface area (TPSA) is 20.3 Å². The molecule has 2 heteroatoms. The largest absolute Gasteiger partial charge is 0.303 e. The second-order valence-electron chi connectivity index (χ2n) is 9.40. The third kappa shape index (κ3) is 12.8. The maximum absolute atomic E-state index is 11.2. The third-order valence-electron chi connectivity index (χ3n) is 6.42. The average molecular weight is 392 g/mol. The van der Waals surface area contributed by atoms with E-state index in [1.165, 1.54) is 103 Å². The third-order valence-corrected chi connectivity index (χ3v) is 6.42. The van der Waals surface area contributed by atoms with Crippen LogP contribution in [-0.2, 0) is 4.79 Å². The van der Waals surface area contributed by atoms with Gasteiger partial charge in [-0.15, -0.1) is 0 Å². The van der Waals surface area contributed by atoms with E-state index in [0.717, 1.165) is 18.6 Å². The fourth-order valence-electron chi connectivity index (χ4n) is 4.61. The van der Waals surface area contributed by atoms with Crippen molar-refractivity contribution in [3.05, 3.63) is 12.2 Å². The van der Waals surface area contributed by atoms with Crippen molar-refractivity contribution in [1.29, 1.82) is 0 Å². The summed E-state index contributed by atoms with van der Waals surface area (Å²) in [5, 5.41) is 0. The lowest BCUT2D eigenvalue weighted by molar-refractivity contribution is -0.111. The number of carbonyl (C=O) groups excluding carboxylic acids is 1. The van der Waals surface area contributed by atoms with Crippen LogP contribution in [0.25, 0.3) is 0 Å². The van der Waals surface area contributed by atoms with Crippen molar-refractivity contribution in [2.45, 2.75) is 123 Å². The summed E-state index contributed by atoms with van der Waals surface area (Å²) in [7, 11) is 0. The fraction of sp³-hybridized carbons (Fsp3) is 0.885.